The van der Waals surface area contributed by atoms with E-state index in [9.17, 15) is 4.79 Å². The molecule has 7 nitrogen and oxygen atoms in total. The van der Waals surface area contributed by atoms with Gasteiger partial charge in [0.25, 0.3) is 0 Å². The number of fused-ring (bicyclic) bond motifs is 1. The molecule has 4 heterocycles. The minimum absolute atomic E-state index is 0.139. The van der Waals surface area contributed by atoms with Gasteiger partial charge in [0, 0.05) is 37.5 Å². The zero-order chi connectivity index (χ0) is 22.2. The molecule has 1 fully saturated rings. The Balaban J connectivity index is 1.47. The summed E-state index contributed by atoms with van der Waals surface area (Å²) in [6.45, 7) is 6.52. The van der Waals surface area contributed by atoms with E-state index in [0.29, 0.717) is 19.4 Å². The number of hydrogen-bond donors (Lipinski definition) is 0. The highest BCUT2D eigenvalue weighted by molar-refractivity contribution is 5.95. The third-order valence-electron chi connectivity index (χ3n) is 6.77. The van der Waals surface area contributed by atoms with Gasteiger partial charge in [0.05, 0.1) is 18.3 Å². The van der Waals surface area contributed by atoms with E-state index in [1.54, 1.807) is 0 Å². The Bertz CT molecular complexity index is 1140. The Labute approximate surface area is 189 Å². The van der Waals surface area contributed by atoms with E-state index < -0.39 is 0 Å². The summed E-state index contributed by atoms with van der Waals surface area (Å²) in [6, 6.07) is 10.6. The van der Waals surface area contributed by atoms with Gasteiger partial charge in [0.15, 0.2) is 0 Å². The van der Waals surface area contributed by atoms with Crippen LogP contribution in [0.2, 0.25) is 0 Å². The van der Waals surface area contributed by atoms with E-state index in [2.05, 4.69) is 54.2 Å². The number of aromatic nitrogens is 4. The number of anilines is 1. The van der Waals surface area contributed by atoms with Gasteiger partial charge in [-0.25, -0.2) is 9.97 Å². The molecule has 0 aliphatic carbocycles. The molecule has 1 aromatic carbocycles. The van der Waals surface area contributed by atoms with Crippen LogP contribution in [0.4, 0.5) is 5.82 Å². The molecule has 2 aromatic heterocycles. The minimum atomic E-state index is 0.139. The number of likely N-dealkylation sites (tertiary alicyclic amines) is 1. The fourth-order valence-electron chi connectivity index (χ4n) is 4.86. The van der Waals surface area contributed by atoms with Gasteiger partial charge in [-0.1, -0.05) is 29.8 Å². The lowest BCUT2D eigenvalue weighted by atomic mass is 10.0. The second-order valence-corrected chi connectivity index (χ2v) is 9.01. The van der Waals surface area contributed by atoms with Crippen LogP contribution in [-0.4, -0.2) is 37.1 Å². The molecule has 3 aromatic rings. The molecule has 2 aliphatic rings. The second-order valence-electron chi connectivity index (χ2n) is 9.01. The maximum atomic E-state index is 12.9. The van der Waals surface area contributed by atoms with Crippen LogP contribution in [0.1, 0.15) is 59.2 Å². The van der Waals surface area contributed by atoms with E-state index in [1.807, 2.05) is 22.8 Å². The van der Waals surface area contributed by atoms with Crippen molar-refractivity contribution >= 4 is 11.7 Å². The molecule has 2 aliphatic heterocycles. The first kappa shape index (κ1) is 20.8. The monoisotopic (exact) mass is 430 g/mol. The Kier molecular flexibility index (Phi) is 5.51. The van der Waals surface area contributed by atoms with Crippen LogP contribution < -0.4 is 4.90 Å². The first-order chi connectivity index (χ1) is 15.5. The van der Waals surface area contributed by atoms with Crippen molar-refractivity contribution in [3.8, 4) is 0 Å². The lowest BCUT2D eigenvalue weighted by Crippen LogP contribution is -2.37. The SMILES string of the molecule is Cc1ccc(CN2C(=O)CCc3c(C)nc(C4CCCN4Cc4ccnn4C)nc32)cc1. The lowest BCUT2D eigenvalue weighted by molar-refractivity contribution is -0.119. The van der Waals surface area contributed by atoms with E-state index in [1.165, 1.54) is 11.3 Å². The fourth-order valence-corrected chi connectivity index (χ4v) is 4.86. The Morgan fingerprint density at radius 1 is 1.03 bits per heavy atom. The molecule has 1 atom stereocenters. The van der Waals surface area contributed by atoms with Crippen LogP contribution in [0.25, 0.3) is 0 Å². The van der Waals surface area contributed by atoms with Crippen LogP contribution in [0.3, 0.4) is 0 Å². The second kappa shape index (κ2) is 8.47. The summed E-state index contributed by atoms with van der Waals surface area (Å²) in [5, 5.41) is 4.31. The average Bonchev–Trinajstić information content (AvgIpc) is 3.41. The van der Waals surface area contributed by atoms with Crippen molar-refractivity contribution in [2.24, 2.45) is 7.05 Å². The fraction of sp³-hybridized carbons (Fsp3) is 0.440. The molecule has 1 unspecified atom stereocenters. The van der Waals surface area contributed by atoms with Crippen molar-refractivity contribution in [1.82, 2.24) is 24.6 Å². The van der Waals surface area contributed by atoms with Crippen LogP contribution in [0.5, 0.6) is 0 Å². The number of rotatable bonds is 5. The molecule has 0 radical (unpaired) electrons. The normalized spacial score (nSPS) is 18.9. The molecule has 0 bridgehead atoms. The van der Waals surface area contributed by atoms with E-state index in [4.69, 9.17) is 9.97 Å². The maximum Gasteiger partial charge on any atom is 0.228 e. The van der Waals surface area contributed by atoms with Gasteiger partial charge < -0.3 is 0 Å². The van der Waals surface area contributed by atoms with Gasteiger partial charge in [-0.2, -0.15) is 5.10 Å². The molecular weight excluding hydrogens is 400 g/mol. The number of benzene rings is 1. The topological polar surface area (TPSA) is 67.2 Å². The summed E-state index contributed by atoms with van der Waals surface area (Å²) in [6.07, 6.45) is 5.22. The molecule has 5 rings (SSSR count). The molecular formula is C25H30N6O. The minimum Gasteiger partial charge on any atom is -0.292 e. The van der Waals surface area contributed by atoms with Crippen molar-refractivity contribution < 1.29 is 4.79 Å². The van der Waals surface area contributed by atoms with E-state index in [0.717, 1.165) is 54.4 Å². The Morgan fingerprint density at radius 3 is 2.59 bits per heavy atom. The summed E-state index contributed by atoms with van der Waals surface area (Å²) in [5.74, 6) is 1.78. The first-order valence-corrected chi connectivity index (χ1v) is 11.4. The highest BCUT2D eigenvalue weighted by Crippen LogP contribution is 2.35. The summed E-state index contributed by atoms with van der Waals surface area (Å²) in [7, 11) is 1.98. The molecule has 0 spiro atoms. The molecule has 1 amide bonds. The number of aryl methyl sites for hydroxylation is 3. The van der Waals surface area contributed by atoms with Crippen molar-refractivity contribution in [1.29, 1.82) is 0 Å². The predicted molar refractivity (Wildman–Crippen MR) is 123 cm³/mol. The van der Waals surface area contributed by atoms with Gasteiger partial charge in [0.2, 0.25) is 5.91 Å². The zero-order valence-corrected chi connectivity index (χ0v) is 19.1. The molecule has 32 heavy (non-hydrogen) atoms. The standard InChI is InChI=1S/C25H30N6O/c1-17-6-8-19(9-7-17)15-31-23(32)11-10-21-18(2)27-24(28-25(21)31)22-5-4-14-30(22)16-20-12-13-26-29(20)3/h6-9,12-13,22H,4-5,10-11,14-16H2,1-3H3. The van der Waals surface area contributed by atoms with Gasteiger partial charge in [-0.15, -0.1) is 0 Å². The number of nitrogens with zero attached hydrogens (tertiary/aromatic N) is 6. The molecule has 0 saturated carbocycles. The largest absolute Gasteiger partial charge is 0.292 e. The highest BCUT2D eigenvalue weighted by Gasteiger charge is 2.33. The lowest BCUT2D eigenvalue weighted by Gasteiger charge is -2.31. The maximum absolute atomic E-state index is 12.9. The van der Waals surface area contributed by atoms with Crippen LogP contribution >= 0.6 is 0 Å². The molecule has 0 N–H and O–H groups in total. The predicted octanol–water partition coefficient (Wildman–Crippen LogP) is 3.64. The van der Waals surface area contributed by atoms with Gasteiger partial charge in [0.1, 0.15) is 11.6 Å². The summed E-state index contributed by atoms with van der Waals surface area (Å²) >= 11 is 0. The summed E-state index contributed by atoms with van der Waals surface area (Å²) in [5.41, 5.74) is 5.63. The van der Waals surface area contributed by atoms with Gasteiger partial charge in [-0.3, -0.25) is 19.3 Å². The van der Waals surface area contributed by atoms with Crippen LogP contribution in [-0.2, 0) is 31.4 Å². The van der Waals surface area contributed by atoms with Crippen molar-refractivity contribution in [3.05, 3.63) is 70.4 Å². The van der Waals surface area contributed by atoms with Crippen molar-refractivity contribution in [2.75, 3.05) is 11.4 Å². The smallest absolute Gasteiger partial charge is 0.228 e. The van der Waals surface area contributed by atoms with Crippen LogP contribution in [0.15, 0.2) is 36.5 Å². The molecule has 7 heteroatoms. The quantitative estimate of drug-likeness (QED) is 0.618. The molecule has 1 saturated heterocycles. The number of carbonyl (C=O) groups excluding carboxylic acids is 1. The number of amides is 1. The third-order valence-corrected chi connectivity index (χ3v) is 6.77. The Morgan fingerprint density at radius 2 is 1.84 bits per heavy atom. The zero-order valence-electron chi connectivity index (χ0n) is 19.1. The van der Waals surface area contributed by atoms with E-state index in [-0.39, 0.29) is 11.9 Å². The van der Waals surface area contributed by atoms with Crippen LogP contribution in [0, 0.1) is 13.8 Å². The van der Waals surface area contributed by atoms with Crippen molar-refractivity contribution in [2.45, 2.75) is 58.7 Å². The third kappa shape index (κ3) is 3.93. The summed E-state index contributed by atoms with van der Waals surface area (Å²) in [4.78, 5) is 27.2. The number of hydrogen-bond acceptors (Lipinski definition) is 5. The average molecular weight is 431 g/mol. The van der Waals surface area contributed by atoms with Gasteiger partial charge >= 0.3 is 0 Å². The molecule has 166 valence electrons. The van der Waals surface area contributed by atoms with E-state index >= 15 is 0 Å². The number of carbonyl (C=O) groups is 1. The Hall–Kier alpha value is -3.06. The van der Waals surface area contributed by atoms with Crippen molar-refractivity contribution in [3.63, 3.8) is 0 Å². The summed E-state index contributed by atoms with van der Waals surface area (Å²) < 4.78 is 1.93. The first-order valence-electron chi connectivity index (χ1n) is 11.4. The van der Waals surface area contributed by atoms with Gasteiger partial charge in [-0.05, 0) is 51.3 Å². The highest BCUT2D eigenvalue weighted by atomic mass is 16.2.